The summed E-state index contributed by atoms with van der Waals surface area (Å²) in [7, 11) is -3.63. The molecular weight excluding hydrogens is 276 g/mol. The molecule has 18 heavy (non-hydrogen) atoms. The number of rotatable bonds is 4. The number of sulfonamides is 1. The number of aromatic amines is 1. The molecule has 1 heterocycles. The molecule has 0 aliphatic rings. The first-order chi connectivity index (χ1) is 8.49. The number of nitrogens with zero attached hydrogens (tertiary/aromatic N) is 1. The van der Waals surface area contributed by atoms with Gasteiger partial charge in [-0.1, -0.05) is 11.6 Å². The number of imidazole rings is 1. The van der Waals surface area contributed by atoms with Gasteiger partial charge in [-0.25, -0.2) is 18.1 Å². The van der Waals surface area contributed by atoms with Gasteiger partial charge in [-0.3, -0.25) is 0 Å². The Morgan fingerprint density at radius 2 is 2.22 bits per heavy atom. The summed E-state index contributed by atoms with van der Waals surface area (Å²) >= 11 is 5.78. The SMILES string of the molecule is Nc1ccc(S(=O)(=O)NCc2ncc[nH]2)cc1Cl. The van der Waals surface area contributed by atoms with E-state index in [1.54, 1.807) is 12.4 Å². The molecule has 0 bridgehead atoms. The molecule has 0 aliphatic heterocycles. The van der Waals surface area contributed by atoms with Crippen molar-refractivity contribution in [3.63, 3.8) is 0 Å². The highest BCUT2D eigenvalue weighted by Gasteiger charge is 2.15. The van der Waals surface area contributed by atoms with Gasteiger partial charge < -0.3 is 10.7 Å². The third-order valence-corrected chi connectivity index (χ3v) is 3.99. The number of nitrogen functional groups attached to an aromatic ring is 1. The lowest BCUT2D eigenvalue weighted by molar-refractivity contribution is 0.579. The van der Waals surface area contributed by atoms with Crippen LogP contribution in [0.5, 0.6) is 0 Å². The molecule has 0 amide bonds. The molecule has 2 aromatic rings. The van der Waals surface area contributed by atoms with Gasteiger partial charge in [-0.05, 0) is 18.2 Å². The van der Waals surface area contributed by atoms with Crippen LogP contribution in [0, 0.1) is 0 Å². The van der Waals surface area contributed by atoms with Crippen LogP contribution < -0.4 is 10.5 Å². The molecule has 6 nitrogen and oxygen atoms in total. The number of anilines is 1. The summed E-state index contributed by atoms with van der Waals surface area (Å²) in [6.45, 7) is 0.0807. The predicted molar refractivity (Wildman–Crippen MR) is 68.5 cm³/mol. The maximum atomic E-state index is 11.9. The van der Waals surface area contributed by atoms with Gasteiger partial charge in [-0.2, -0.15) is 0 Å². The number of aromatic nitrogens is 2. The van der Waals surface area contributed by atoms with Crippen molar-refractivity contribution in [1.82, 2.24) is 14.7 Å². The predicted octanol–water partition coefficient (Wildman–Crippen LogP) is 1.12. The monoisotopic (exact) mass is 286 g/mol. The third-order valence-electron chi connectivity index (χ3n) is 2.27. The number of H-pyrrole nitrogens is 1. The van der Waals surface area contributed by atoms with E-state index in [1.165, 1.54) is 18.2 Å². The highest BCUT2D eigenvalue weighted by molar-refractivity contribution is 7.89. The highest BCUT2D eigenvalue weighted by Crippen LogP contribution is 2.22. The van der Waals surface area contributed by atoms with Crippen molar-refractivity contribution in [2.24, 2.45) is 0 Å². The maximum Gasteiger partial charge on any atom is 0.241 e. The summed E-state index contributed by atoms with van der Waals surface area (Å²) in [5.41, 5.74) is 5.86. The molecule has 4 N–H and O–H groups in total. The van der Waals surface area contributed by atoms with Gasteiger partial charge in [0, 0.05) is 12.4 Å². The van der Waals surface area contributed by atoms with Crippen LogP contribution in [0.2, 0.25) is 5.02 Å². The molecule has 1 aromatic carbocycles. The Labute approximate surface area is 109 Å². The molecule has 0 aliphatic carbocycles. The number of halogens is 1. The number of benzene rings is 1. The normalized spacial score (nSPS) is 11.6. The summed E-state index contributed by atoms with van der Waals surface area (Å²) in [6, 6.07) is 4.15. The van der Waals surface area contributed by atoms with Crippen LogP contribution in [0.15, 0.2) is 35.5 Å². The summed E-state index contributed by atoms with van der Waals surface area (Å²) < 4.78 is 26.3. The molecule has 0 radical (unpaired) electrons. The first-order valence-electron chi connectivity index (χ1n) is 5.02. The maximum absolute atomic E-state index is 11.9. The smallest absolute Gasteiger partial charge is 0.241 e. The minimum absolute atomic E-state index is 0.0632. The van der Waals surface area contributed by atoms with Crippen molar-refractivity contribution < 1.29 is 8.42 Å². The Bertz CT molecular complexity index is 640. The molecule has 2 rings (SSSR count). The molecule has 0 atom stereocenters. The summed E-state index contributed by atoms with van der Waals surface area (Å²) in [4.78, 5) is 6.78. The van der Waals surface area contributed by atoms with Gasteiger partial charge in [-0.15, -0.1) is 0 Å². The number of nitrogens with two attached hydrogens (primary N) is 1. The van der Waals surface area contributed by atoms with Crippen LogP contribution >= 0.6 is 11.6 Å². The van der Waals surface area contributed by atoms with Gasteiger partial charge in [0.2, 0.25) is 10.0 Å². The van der Waals surface area contributed by atoms with Crippen molar-refractivity contribution in [2.75, 3.05) is 5.73 Å². The fraction of sp³-hybridized carbons (Fsp3) is 0.100. The molecule has 0 spiro atoms. The lowest BCUT2D eigenvalue weighted by Gasteiger charge is -2.06. The lowest BCUT2D eigenvalue weighted by Crippen LogP contribution is -2.23. The molecule has 1 aromatic heterocycles. The minimum Gasteiger partial charge on any atom is -0.398 e. The largest absolute Gasteiger partial charge is 0.398 e. The highest BCUT2D eigenvalue weighted by atomic mass is 35.5. The Morgan fingerprint density at radius 3 is 2.83 bits per heavy atom. The zero-order chi connectivity index (χ0) is 13.2. The van der Waals surface area contributed by atoms with Crippen molar-refractivity contribution in [3.8, 4) is 0 Å². The Morgan fingerprint density at radius 1 is 1.44 bits per heavy atom. The Kier molecular flexibility index (Phi) is 3.55. The topological polar surface area (TPSA) is 101 Å². The number of hydrogen-bond acceptors (Lipinski definition) is 4. The minimum atomic E-state index is -3.63. The quantitative estimate of drug-likeness (QED) is 0.733. The van der Waals surface area contributed by atoms with Crippen LogP contribution in [0.1, 0.15) is 5.82 Å². The van der Waals surface area contributed by atoms with Crippen LogP contribution in [-0.4, -0.2) is 18.4 Å². The molecule has 96 valence electrons. The second kappa shape index (κ2) is 4.97. The standard InChI is InChI=1S/C10H11ClN4O2S/c11-8-5-7(1-2-9(8)12)18(16,17)15-6-10-13-3-4-14-10/h1-5,15H,6,12H2,(H,13,14). The second-order valence-corrected chi connectivity index (χ2v) is 5.72. The van der Waals surface area contributed by atoms with Crippen molar-refractivity contribution in [1.29, 1.82) is 0 Å². The fourth-order valence-electron chi connectivity index (χ4n) is 1.32. The zero-order valence-electron chi connectivity index (χ0n) is 9.22. The van der Waals surface area contributed by atoms with E-state index in [0.29, 0.717) is 11.5 Å². The zero-order valence-corrected chi connectivity index (χ0v) is 10.8. The van der Waals surface area contributed by atoms with Crippen LogP contribution in [0.25, 0.3) is 0 Å². The number of nitrogens with one attached hydrogen (secondary N) is 2. The van der Waals surface area contributed by atoms with Crippen molar-refractivity contribution in [3.05, 3.63) is 41.4 Å². The van der Waals surface area contributed by atoms with E-state index >= 15 is 0 Å². The average Bonchev–Trinajstić information content (AvgIpc) is 2.83. The molecule has 0 unspecified atom stereocenters. The van der Waals surface area contributed by atoms with E-state index < -0.39 is 10.0 Å². The van der Waals surface area contributed by atoms with Crippen LogP contribution in [0.3, 0.4) is 0 Å². The number of hydrogen-bond donors (Lipinski definition) is 3. The van der Waals surface area contributed by atoms with E-state index in [2.05, 4.69) is 14.7 Å². The molecule has 0 saturated carbocycles. The average molecular weight is 287 g/mol. The van der Waals surface area contributed by atoms with Crippen LogP contribution in [-0.2, 0) is 16.6 Å². The first kappa shape index (κ1) is 12.9. The van der Waals surface area contributed by atoms with Gasteiger partial charge >= 0.3 is 0 Å². The van der Waals surface area contributed by atoms with E-state index in [4.69, 9.17) is 17.3 Å². The second-order valence-electron chi connectivity index (χ2n) is 3.54. The van der Waals surface area contributed by atoms with Gasteiger partial charge in [0.15, 0.2) is 0 Å². The summed E-state index contributed by atoms with van der Waals surface area (Å²) in [5, 5.41) is 0.205. The Hall–Kier alpha value is -1.57. The van der Waals surface area contributed by atoms with Gasteiger partial charge in [0.05, 0.1) is 22.2 Å². The van der Waals surface area contributed by atoms with Gasteiger partial charge in [0.1, 0.15) is 5.82 Å². The molecule has 8 heteroatoms. The van der Waals surface area contributed by atoms with E-state index in [-0.39, 0.29) is 16.5 Å². The van der Waals surface area contributed by atoms with E-state index in [0.717, 1.165) is 0 Å². The van der Waals surface area contributed by atoms with Crippen LogP contribution in [0.4, 0.5) is 5.69 Å². The molecule has 0 saturated heterocycles. The lowest BCUT2D eigenvalue weighted by atomic mass is 10.3. The van der Waals surface area contributed by atoms with E-state index in [9.17, 15) is 8.42 Å². The van der Waals surface area contributed by atoms with E-state index in [1.807, 2.05) is 0 Å². The Balaban J connectivity index is 2.17. The summed E-state index contributed by atoms with van der Waals surface area (Å²) in [6.07, 6.45) is 3.16. The molecule has 0 fully saturated rings. The fourth-order valence-corrected chi connectivity index (χ4v) is 2.58. The summed E-state index contributed by atoms with van der Waals surface area (Å²) in [5.74, 6) is 0.528. The first-order valence-corrected chi connectivity index (χ1v) is 6.88. The van der Waals surface area contributed by atoms with Crippen molar-refractivity contribution in [2.45, 2.75) is 11.4 Å². The van der Waals surface area contributed by atoms with Crippen molar-refractivity contribution >= 4 is 27.3 Å². The van der Waals surface area contributed by atoms with Gasteiger partial charge in [0.25, 0.3) is 0 Å². The third kappa shape index (κ3) is 2.81. The molecular formula is C10H11ClN4O2S.